The number of anilines is 1. The monoisotopic (exact) mass is 443 g/mol. The smallest absolute Gasteiger partial charge is 0.246 e. The molecule has 0 unspecified atom stereocenters. The Bertz CT molecular complexity index is 1050. The lowest BCUT2D eigenvalue weighted by molar-refractivity contribution is -0.117. The molecule has 166 valence electrons. The van der Waals surface area contributed by atoms with Gasteiger partial charge in [-0.25, -0.2) is 8.42 Å². The van der Waals surface area contributed by atoms with Crippen LogP contribution >= 0.6 is 0 Å². The Balaban J connectivity index is 1.46. The first-order valence-corrected chi connectivity index (χ1v) is 12.2. The number of carbonyl (C=O) groups is 1. The summed E-state index contributed by atoms with van der Waals surface area (Å²) in [6, 6.07) is 13.1. The van der Waals surface area contributed by atoms with Crippen LogP contribution in [0.1, 0.15) is 30.4 Å². The van der Waals surface area contributed by atoms with E-state index in [0.29, 0.717) is 18.8 Å². The first-order chi connectivity index (χ1) is 15.0. The van der Waals surface area contributed by atoms with Crippen LogP contribution in [0.2, 0.25) is 0 Å². The molecule has 0 radical (unpaired) electrons. The number of nitrogens with one attached hydrogen (secondary N) is 1. The van der Waals surface area contributed by atoms with Crippen LogP contribution in [0.25, 0.3) is 0 Å². The maximum atomic E-state index is 13.2. The Hall–Kier alpha value is -2.42. The highest BCUT2D eigenvalue weighted by atomic mass is 32.2. The SMILES string of the molecule is COc1ccc(NC(=O)CN2CCc3ccccc3C2)cc1S(=O)(=O)N1CCCCC1. The van der Waals surface area contributed by atoms with E-state index in [1.807, 2.05) is 12.1 Å². The zero-order chi connectivity index (χ0) is 21.8. The van der Waals surface area contributed by atoms with Gasteiger partial charge in [0.05, 0.1) is 13.7 Å². The summed E-state index contributed by atoms with van der Waals surface area (Å²) in [4.78, 5) is 14.9. The average molecular weight is 444 g/mol. The Labute approximate surface area is 184 Å². The van der Waals surface area contributed by atoms with E-state index in [1.165, 1.54) is 28.6 Å². The lowest BCUT2D eigenvalue weighted by Crippen LogP contribution is -2.37. The van der Waals surface area contributed by atoms with E-state index >= 15 is 0 Å². The van der Waals surface area contributed by atoms with E-state index in [-0.39, 0.29) is 23.1 Å². The maximum Gasteiger partial charge on any atom is 0.246 e. The first kappa shape index (κ1) is 21.8. The number of sulfonamides is 1. The van der Waals surface area contributed by atoms with Crippen LogP contribution in [0.15, 0.2) is 47.4 Å². The Morgan fingerprint density at radius 1 is 1.03 bits per heavy atom. The van der Waals surface area contributed by atoms with Crippen molar-refractivity contribution in [1.29, 1.82) is 0 Å². The number of piperidine rings is 1. The number of ether oxygens (including phenoxy) is 1. The van der Waals surface area contributed by atoms with Crippen LogP contribution in [0.3, 0.4) is 0 Å². The molecule has 0 aromatic heterocycles. The van der Waals surface area contributed by atoms with Gasteiger partial charge < -0.3 is 10.1 Å². The third-order valence-corrected chi connectivity index (χ3v) is 7.88. The van der Waals surface area contributed by atoms with Gasteiger partial charge in [0.15, 0.2) is 0 Å². The number of methoxy groups -OCH3 is 1. The molecule has 2 aromatic carbocycles. The van der Waals surface area contributed by atoms with Gasteiger partial charge in [-0.2, -0.15) is 4.31 Å². The fourth-order valence-corrected chi connectivity index (χ4v) is 5.99. The summed E-state index contributed by atoms with van der Waals surface area (Å²) in [5.41, 5.74) is 3.04. The van der Waals surface area contributed by atoms with Gasteiger partial charge in [-0.1, -0.05) is 30.7 Å². The normalized spacial score (nSPS) is 17.7. The van der Waals surface area contributed by atoms with Crippen molar-refractivity contribution in [3.8, 4) is 5.75 Å². The quantitative estimate of drug-likeness (QED) is 0.743. The molecule has 7 nitrogen and oxygen atoms in total. The molecule has 2 aromatic rings. The average Bonchev–Trinajstić information content (AvgIpc) is 2.79. The van der Waals surface area contributed by atoms with Crippen LogP contribution in [0.5, 0.6) is 5.75 Å². The number of fused-ring (bicyclic) bond motifs is 1. The number of benzene rings is 2. The lowest BCUT2D eigenvalue weighted by atomic mass is 10.00. The van der Waals surface area contributed by atoms with Crippen LogP contribution in [0.4, 0.5) is 5.69 Å². The number of hydrogen-bond acceptors (Lipinski definition) is 5. The third kappa shape index (κ3) is 4.92. The van der Waals surface area contributed by atoms with Crippen molar-refractivity contribution in [2.24, 2.45) is 0 Å². The predicted octanol–water partition coefficient (Wildman–Crippen LogP) is 2.87. The number of amides is 1. The minimum atomic E-state index is -3.68. The lowest BCUT2D eigenvalue weighted by Gasteiger charge is -2.28. The molecule has 1 amide bonds. The molecule has 4 rings (SSSR count). The van der Waals surface area contributed by atoms with E-state index in [1.54, 1.807) is 12.1 Å². The predicted molar refractivity (Wildman–Crippen MR) is 120 cm³/mol. The molecule has 1 N–H and O–H groups in total. The number of rotatable bonds is 6. The summed E-state index contributed by atoms with van der Waals surface area (Å²) < 4.78 is 33.1. The topological polar surface area (TPSA) is 79.0 Å². The first-order valence-electron chi connectivity index (χ1n) is 10.7. The van der Waals surface area contributed by atoms with Crippen molar-refractivity contribution in [1.82, 2.24) is 9.21 Å². The highest BCUT2D eigenvalue weighted by molar-refractivity contribution is 7.89. The minimum absolute atomic E-state index is 0.0987. The molecule has 2 heterocycles. The van der Waals surface area contributed by atoms with Crippen LogP contribution < -0.4 is 10.1 Å². The van der Waals surface area contributed by atoms with Gasteiger partial charge in [0.1, 0.15) is 10.6 Å². The highest BCUT2D eigenvalue weighted by Gasteiger charge is 2.29. The van der Waals surface area contributed by atoms with Gasteiger partial charge in [0.2, 0.25) is 15.9 Å². The van der Waals surface area contributed by atoms with Crippen LogP contribution in [-0.2, 0) is 27.8 Å². The fourth-order valence-electron chi connectivity index (χ4n) is 4.29. The van der Waals surface area contributed by atoms with Crippen molar-refractivity contribution in [2.45, 2.75) is 37.1 Å². The second kappa shape index (κ2) is 9.38. The second-order valence-corrected chi connectivity index (χ2v) is 10.0. The molecule has 0 spiro atoms. The summed E-state index contributed by atoms with van der Waals surface area (Å²) in [6.45, 7) is 2.84. The second-order valence-electron chi connectivity index (χ2n) is 8.11. The summed E-state index contributed by atoms with van der Waals surface area (Å²) in [5, 5.41) is 2.86. The van der Waals surface area contributed by atoms with E-state index in [9.17, 15) is 13.2 Å². The van der Waals surface area contributed by atoms with Crippen molar-refractivity contribution in [3.63, 3.8) is 0 Å². The molecular formula is C23H29N3O4S. The highest BCUT2D eigenvalue weighted by Crippen LogP contribution is 2.31. The zero-order valence-corrected chi connectivity index (χ0v) is 18.7. The van der Waals surface area contributed by atoms with Gasteiger partial charge in [-0.15, -0.1) is 0 Å². The molecule has 2 aliphatic heterocycles. The van der Waals surface area contributed by atoms with Crippen molar-refractivity contribution < 1.29 is 17.9 Å². The van der Waals surface area contributed by atoms with Gasteiger partial charge in [0, 0.05) is 31.9 Å². The molecule has 0 atom stereocenters. The van der Waals surface area contributed by atoms with E-state index in [0.717, 1.165) is 38.8 Å². The van der Waals surface area contributed by atoms with Crippen molar-refractivity contribution in [2.75, 3.05) is 38.6 Å². The van der Waals surface area contributed by atoms with E-state index < -0.39 is 10.0 Å². The standard InChI is InChI=1S/C23H29N3O4S/c1-30-21-10-9-20(15-22(21)31(28,29)26-12-5-2-6-13-26)24-23(27)17-25-14-11-18-7-3-4-8-19(18)16-25/h3-4,7-10,15H,2,5-6,11-14,16-17H2,1H3,(H,24,27). The largest absolute Gasteiger partial charge is 0.495 e. The van der Waals surface area contributed by atoms with E-state index in [2.05, 4.69) is 22.3 Å². The van der Waals surface area contributed by atoms with Crippen LogP contribution in [-0.4, -0.2) is 56.8 Å². The fraction of sp³-hybridized carbons (Fsp3) is 0.435. The number of hydrogen-bond donors (Lipinski definition) is 1. The van der Waals surface area contributed by atoms with Crippen LogP contribution in [0, 0.1) is 0 Å². The molecular weight excluding hydrogens is 414 g/mol. The Morgan fingerprint density at radius 3 is 2.52 bits per heavy atom. The molecule has 1 fully saturated rings. The van der Waals surface area contributed by atoms with Gasteiger partial charge in [0.25, 0.3) is 0 Å². The molecule has 0 aliphatic carbocycles. The summed E-state index contributed by atoms with van der Waals surface area (Å²) in [6.07, 6.45) is 3.68. The van der Waals surface area contributed by atoms with E-state index in [4.69, 9.17) is 4.74 Å². The molecule has 31 heavy (non-hydrogen) atoms. The Morgan fingerprint density at radius 2 is 1.77 bits per heavy atom. The summed E-state index contributed by atoms with van der Waals surface area (Å²) in [7, 11) is -2.22. The molecule has 0 saturated carbocycles. The van der Waals surface area contributed by atoms with Crippen molar-refractivity contribution >= 4 is 21.6 Å². The van der Waals surface area contributed by atoms with Gasteiger partial charge in [-0.3, -0.25) is 9.69 Å². The zero-order valence-electron chi connectivity index (χ0n) is 17.8. The van der Waals surface area contributed by atoms with Gasteiger partial charge >= 0.3 is 0 Å². The van der Waals surface area contributed by atoms with Gasteiger partial charge in [-0.05, 0) is 48.6 Å². The third-order valence-electron chi connectivity index (χ3n) is 5.96. The summed E-state index contributed by atoms with van der Waals surface area (Å²) >= 11 is 0. The molecule has 1 saturated heterocycles. The maximum absolute atomic E-state index is 13.2. The number of nitrogens with zero attached hydrogens (tertiary/aromatic N) is 2. The minimum Gasteiger partial charge on any atom is -0.495 e. The molecule has 8 heteroatoms. The number of carbonyl (C=O) groups excluding carboxylic acids is 1. The van der Waals surface area contributed by atoms with Crippen molar-refractivity contribution in [3.05, 3.63) is 53.6 Å². The Kier molecular flexibility index (Phi) is 6.60. The molecule has 2 aliphatic rings. The summed E-state index contributed by atoms with van der Waals surface area (Å²) in [5.74, 6) is 0.127. The molecule has 0 bridgehead atoms.